The Morgan fingerprint density at radius 1 is 1.47 bits per heavy atom. The molecule has 5 heteroatoms. The van der Waals surface area contributed by atoms with Gasteiger partial charge in [-0.05, 0) is 31.2 Å². The summed E-state index contributed by atoms with van der Waals surface area (Å²) in [5.74, 6) is -0.278. The maximum atomic E-state index is 13.6. The van der Waals surface area contributed by atoms with E-state index in [4.69, 9.17) is 18.0 Å². The van der Waals surface area contributed by atoms with E-state index in [0.29, 0.717) is 17.7 Å². The van der Waals surface area contributed by atoms with Gasteiger partial charge in [-0.3, -0.25) is 4.68 Å². The zero-order valence-corrected chi connectivity index (χ0v) is 10.2. The molecule has 0 bridgehead atoms. The number of hydrogen-bond acceptors (Lipinski definition) is 2. The van der Waals surface area contributed by atoms with Gasteiger partial charge < -0.3 is 5.73 Å². The number of benzene rings is 1. The summed E-state index contributed by atoms with van der Waals surface area (Å²) in [4.78, 5) is 0.267. The van der Waals surface area contributed by atoms with Gasteiger partial charge in [-0.2, -0.15) is 5.10 Å². The number of aryl methyl sites for hydroxylation is 1. The summed E-state index contributed by atoms with van der Waals surface area (Å²) in [6, 6.07) is 6.49. The fourth-order valence-electron chi connectivity index (χ4n) is 1.57. The number of halogens is 1. The smallest absolute Gasteiger partial charge is 0.128 e. The molecule has 0 aliphatic carbocycles. The third-order valence-corrected chi connectivity index (χ3v) is 2.81. The third-order valence-electron chi connectivity index (χ3n) is 2.58. The van der Waals surface area contributed by atoms with Crippen molar-refractivity contribution in [3.8, 4) is 0 Å². The first-order valence-corrected chi connectivity index (χ1v) is 5.55. The highest BCUT2D eigenvalue weighted by molar-refractivity contribution is 7.80. The van der Waals surface area contributed by atoms with Gasteiger partial charge in [0, 0.05) is 23.0 Å². The molecule has 3 nitrogen and oxygen atoms in total. The van der Waals surface area contributed by atoms with Gasteiger partial charge in [0.1, 0.15) is 10.8 Å². The van der Waals surface area contributed by atoms with E-state index in [1.54, 1.807) is 23.0 Å². The molecule has 0 saturated carbocycles. The summed E-state index contributed by atoms with van der Waals surface area (Å²) in [6.07, 6.45) is 1.69. The van der Waals surface area contributed by atoms with Crippen LogP contribution >= 0.6 is 12.2 Å². The molecule has 2 aromatic rings. The number of rotatable bonds is 3. The van der Waals surface area contributed by atoms with Crippen LogP contribution in [0.5, 0.6) is 0 Å². The van der Waals surface area contributed by atoms with Crippen LogP contribution in [0.4, 0.5) is 4.39 Å². The molecule has 0 spiro atoms. The first-order valence-electron chi connectivity index (χ1n) is 5.14. The minimum absolute atomic E-state index is 0.267. The van der Waals surface area contributed by atoms with Gasteiger partial charge in [-0.25, -0.2) is 4.39 Å². The van der Waals surface area contributed by atoms with Gasteiger partial charge in [0.2, 0.25) is 0 Å². The first-order chi connectivity index (χ1) is 8.08. The van der Waals surface area contributed by atoms with Crippen molar-refractivity contribution < 1.29 is 4.39 Å². The summed E-state index contributed by atoms with van der Waals surface area (Å²) in [5.41, 5.74) is 7.70. The van der Waals surface area contributed by atoms with Crippen molar-refractivity contribution >= 4 is 17.2 Å². The second-order valence-corrected chi connectivity index (χ2v) is 4.24. The highest BCUT2D eigenvalue weighted by atomic mass is 32.1. The van der Waals surface area contributed by atoms with E-state index in [9.17, 15) is 4.39 Å². The predicted molar refractivity (Wildman–Crippen MR) is 68.4 cm³/mol. The molecule has 0 radical (unpaired) electrons. The van der Waals surface area contributed by atoms with Crippen LogP contribution in [-0.4, -0.2) is 14.8 Å². The number of aromatic nitrogens is 2. The van der Waals surface area contributed by atoms with E-state index in [1.807, 2.05) is 13.0 Å². The van der Waals surface area contributed by atoms with Crippen LogP contribution in [0.1, 0.15) is 16.8 Å². The summed E-state index contributed by atoms with van der Waals surface area (Å²) in [5, 5.41) is 4.11. The Balaban J connectivity index is 2.35. The minimum Gasteiger partial charge on any atom is -0.389 e. The molecule has 0 amide bonds. The Hall–Kier alpha value is -1.75. The highest BCUT2D eigenvalue weighted by Crippen LogP contribution is 2.13. The third kappa shape index (κ3) is 2.50. The molecule has 0 unspecified atom stereocenters. The molecule has 1 heterocycles. The lowest BCUT2D eigenvalue weighted by molar-refractivity contribution is 0.580. The molecule has 88 valence electrons. The van der Waals surface area contributed by atoms with Crippen LogP contribution in [0, 0.1) is 12.7 Å². The van der Waals surface area contributed by atoms with E-state index < -0.39 is 0 Å². The van der Waals surface area contributed by atoms with Crippen molar-refractivity contribution in [3.63, 3.8) is 0 Å². The van der Waals surface area contributed by atoms with Gasteiger partial charge in [-0.1, -0.05) is 12.2 Å². The lowest BCUT2D eigenvalue weighted by Crippen LogP contribution is -2.12. The molecule has 0 aliphatic rings. The van der Waals surface area contributed by atoms with Gasteiger partial charge in [-0.15, -0.1) is 0 Å². The Labute approximate surface area is 104 Å². The average Bonchev–Trinajstić information content (AvgIpc) is 2.67. The van der Waals surface area contributed by atoms with Crippen molar-refractivity contribution in [1.82, 2.24) is 9.78 Å². The highest BCUT2D eigenvalue weighted by Gasteiger charge is 2.07. The maximum Gasteiger partial charge on any atom is 0.128 e. The average molecular weight is 249 g/mol. The minimum atomic E-state index is -0.278. The lowest BCUT2D eigenvalue weighted by Gasteiger charge is -2.07. The predicted octanol–water partition coefficient (Wildman–Crippen LogP) is 2.01. The van der Waals surface area contributed by atoms with E-state index in [1.165, 1.54) is 6.07 Å². The number of thiocarbonyl (C=S) groups is 1. The second-order valence-electron chi connectivity index (χ2n) is 3.80. The SMILES string of the molecule is Cc1ccnn1Cc1cc(C(N)=S)ccc1F. The van der Waals surface area contributed by atoms with Crippen LogP contribution in [0.15, 0.2) is 30.5 Å². The Kier molecular flexibility index (Phi) is 3.19. The first kappa shape index (κ1) is 11.7. The second kappa shape index (κ2) is 4.63. The van der Waals surface area contributed by atoms with E-state index in [2.05, 4.69) is 5.10 Å². The lowest BCUT2D eigenvalue weighted by atomic mass is 10.1. The molecule has 0 aliphatic heterocycles. The molecule has 1 aromatic heterocycles. The van der Waals surface area contributed by atoms with Crippen LogP contribution in [0.3, 0.4) is 0 Å². The van der Waals surface area contributed by atoms with Crippen molar-refractivity contribution in [3.05, 3.63) is 53.1 Å². The monoisotopic (exact) mass is 249 g/mol. The molecule has 1 aromatic carbocycles. The van der Waals surface area contributed by atoms with Gasteiger partial charge >= 0.3 is 0 Å². The van der Waals surface area contributed by atoms with Crippen LogP contribution < -0.4 is 5.73 Å². The topological polar surface area (TPSA) is 43.8 Å². The van der Waals surface area contributed by atoms with E-state index >= 15 is 0 Å². The fraction of sp³-hybridized carbons (Fsp3) is 0.167. The Bertz CT molecular complexity index is 563. The summed E-state index contributed by atoms with van der Waals surface area (Å²) in [6.45, 7) is 2.30. The normalized spacial score (nSPS) is 10.5. The Morgan fingerprint density at radius 2 is 2.24 bits per heavy atom. The molecule has 2 N–H and O–H groups in total. The summed E-state index contributed by atoms with van der Waals surface area (Å²) in [7, 11) is 0. The quantitative estimate of drug-likeness (QED) is 0.846. The van der Waals surface area contributed by atoms with Crippen molar-refractivity contribution in [2.75, 3.05) is 0 Å². The van der Waals surface area contributed by atoms with Crippen LogP contribution in [0.25, 0.3) is 0 Å². The standard InChI is InChI=1S/C12H12FN3S/c1-8-4-5-15-16(8)7-10-6-9(12(14)17)2-3-11(10)13/h2-6H,7H2,1H3,(H2,14,17). The van der Waals surface area contributed by atoms with E-state index in [-0.39, 0.29) is 10.8 Å². The molecule has 2 rings (SSSR count). The van der Waals surface area contributed by atoms with Crippen molar-refractivity contribution in [2.45, 2.75) is 13.5 Å². The zero-order valence-electron chi connectivity index (χ0n) is 9.35. The van der Waals surface area contributed by atoms with E-state index in [0.717, 1.165) is 5.69 Å². The molecular weight excluding hydrogens is 237 g/mol. The van der Waals surface area contributed by atoms with Gasteiger partial charge in [0.25, 0.3) is 0 Å². The van der Waals surface area contributed by atoms with Gasteiger partial charge in [0.05, 0.1) is 6.54 Å². The number of nitrogens with two attached hydrogens (primary N) is 1. The van der Waals surface area contributed by atoms with Gasteiger partial charge in [0.15, 0.2) is 0 Å². The fourth-order valence-corrected chi connectivity index (χ4v) is 1.70. The number of nitrogens with zero attached hydrogens (tertiary/aromatic N) is 2. The molecule has 0 fully saturated rings. The van der Waals surface area contributed by atoms with Crippen LogP contribution in [0.2, 0.25) is 0 Å². The Morgan fingerprint density at radius 3 is 2.82 bits per heavy atom. The molecule has 17 heavy (non-hydrogen) atoms. The molecule has 0 saturated heterocycles. The summed E-state index contributed by atoms with van der Waals surface area (Å²) < 4.78 is 15.4. The number of hydrogen-bond donors (Lipinski definition) is 1. The van der Waals surface area contributed by atoms with Crippen LogP contribution in [-0.2, 0) is 6.54 Å². The van der Waals surface area contributed by atoms with Crippen molar-refractivity contribution in [2.24, 2.45) is 5.73 Å². The zero-order chi connectivity index (χ0) is 12.4. The maximum absolute atomic E-state index is 13.6. The molecular formula is C12H12FN3S. The largest absolute Gasteiger partial charge is 0.389 e. The summed E-state index contributed by atoms with van der Waals surface area (Å²) >= 11 is 4.87. The van der Waals surface area contributed by atoms with Crippen molar-refractivity contribution in [1.29, 1.82) is 0 Å². The molecule has 0 atom stereocenters.